The van der Waals surface area contributed by atoms with E-state index in [1.165, 1.54) is 5.56 Å². The zero-order valence-electron chi connectivity index (χ0n) is 11.4. The van der Waals surface area contributed by atoms with Crippen LogP contribution in [0, 0.1) is 13.8 Å². The Morgan fingerprint density at radius 3 is 2.60 bits per heavy atom. The number of rotatable bonds is 2. The van der Waals surface area contributed by atoms with Crippen molar-refractivity contribution < 1.29 is 9.52 Å². The number of hydrogen-bond donors (Lipinski definition) is 1. The quantitative estimate of drug-likeness (QED) is 0.725. The maximum atomic E-state index is 10.5. The SMILES string of the molecule is Cc1ccc2oc(C(O)c3ccc(C)c(Br)c3)cc2c1. The van der Waals surface area contributed by atoms with Crippen LogP contribution in [0.2, 0.25) is 0 Å². The molecule has 3 heteroatoms. The summed E-state index contributed by atoms with van der Waals surface area (Å²) < 4.78 is 6.73. The second kappa shape index (κ2) is 5.08. The number of aryl methyl sites for hydroxylation is 2. The first-order valence-electron chi connectivity index (χ1n) is 6.49. The maximum Gasteiger partial charge on any atom is 0.138 e. The largest absolute Gasteiger partial charge is 0.458 e. The number of aliphatic hydroxyl groups excluding tert-OH is 1. The van der Waals surface area contributed by atoms with E-state index < -0.39 is 6.10 Å². The molecule has 2 aromatic carbocycles. The molecule has 0 radical (unpaired) electrons. The summed E-state index contributed by atoms with van der Waals surface area (Å²) in [6.07, 6.45) is -0.750. The monoisotopic (exact) mass is 330 g/mol. The van der Waals surface area contributed by atoms with E-state index in [1.54, 1.807) is 0 Å². The number of fused-ring (bicyclic) bond motifs is 1. The molecule has 1 aromatic heterocycles. The van der Waals surface area contributed by atoms with Gasteiger partial charge in [0.1, 0.15) is 17.4 Å². The third-order valence-electron chi connectivity index (χ3n) is 3.47. The van der Waals surface area contributed by atoms with Crippen LogP contribution in [0.3, 0.4) is 0 Å². The highest BCUT2D eigenvalue weighted by atomic mass is 79.9. The van der Waals surface area contributed by atoms with Gasteiger partial charge in [0.15, 0.2) is 0 Å². The van der Waals surface area contributed by atoms with Gasteiger partial charge in [-0.05, 0) is 49.2 Å². The Morgan fingerprint density at radius 1 is 1.05 bits per heavy atom. The lowest BCUT2D eigenvalue weighted by molar-refractivity contribution is 0.192. The van der Waals surface area contributed by atoms with Gasteiger partial charge in [0, 0.05) is 9.86 Å². The van der Waals surface area contributed by atoms with Crippen molar-refractivity contribution in [1.29, 1.82) is 0 Å². The third-order valence-corrected chi connectivity index (χ3v) is 4.33. The Balaban J connectivity index is 2.02. The summed E-state index contributed by atoms with van der Waals surface area (Å²) in [5.41, 5.74) is 3.94. The summed E-state index contributed by atoms with van der Waals surface area (Å²) in [6.45, 7) is 4.06. The van der Waals surface area contributed by atoms with Crippen LogP contribution in [-0.2, 0) is 0 Å². The van der Waals surface area contributed by atoms with Gasteiger partial charge in [0.25, 0.3) is 0 Å². The molecule has 1 N–H and O–H groups in total. The number of aliphatic hydroxyl groups is 1. The van der Waals surface area contributed by atoms with Gasteiger partial charge in [-0.15, -0.1) is 0 Å². The Kier molecular flexibility index (Phi) is 3.40. The van der Waals surface area contributed by atoms with Crippen molar-refractivity contribution in [3.05, 3.63) is 69.4 Å². The zero-order valence-corrected chi connectivity index (χ0v) is 12.9. The zero-order chi connectivity index (χ0) is 14.3. The van der Waals surface area contributed by atoms with Crippen molar-refractivity contribution in [3.63, 3.8) is 0 Å². The lowest BCUT2D eigenvalue weighted by Gasteiger charge is -2.09. The van der Waals surface area contributed by atoms with Crippen molar-refractivity contribution in [2.45, 2.75) is 20.0 Å². The number of furan rings is 1. The van der Waals surface area contributed by atoms with Gasteiger partial charge >= 0.3 is 0 Å². The predicted octanol–water partition coefficient (Wildman–Crippen LogP) is 4.89. The van der Waals surface area contributed by atoms with Crippen LogP contribution in [0.15, 0.2) is 51.4 Å². The number of halogens is 1. The smallest absolute Gasteiger partial charge is 0.138 e. The first kappa shape index (κ1) is 13.4. The van der Waals surface area contributed by atoms with Gasteiger partial charge in [0.2, 0.25) is 0 Å². The van der Waals surface area contributed by atoms with Gasteiger partial charge < -0.3 is 9.52 Å². The van der Waals surface area contributed by atoms with Crippen molar-refractivity contribution in [1.82, 2.24) is 0 Å². The Labute approximate surface area is 126 Å². The highest BCUT2D eigenvalue weighted by Crippen LogP contribution is 2.30. The molecule has 0 saturated heterocycles. The normalized spacial score (nSPS) is 12.8. The summed E-state index contributed by atoms with van der Waals surface area (Å²) in [7, 11) is 0. The second-order valence-electron chi connectivity index (χ2n) is 5.10. The summed E-state index contributed by atoms with van der Waals surface area (Å²) in [5, 5.41) is 11.5. The molecular formula is C17H15BrO2. The molecule has 0 fully saturated rings. The van der Waals surface area contributed by atoms with E-state index in [9.17, 15) is 5.11 Å². The molecule has 0 saturated carbocycles. The van der Waals surface area contributed by atoms with Gasteiger partial charge in [-0.25, -0.2) is 0 Å². The Bertz CT molecular complexity index is 774. The van der Waals surface area contributed by atoms with E-state index in [4.69, 9.17) is 4.42 Å². The minimum Gasteiger partial charge on any atom is -0.458 e. The van der Waals surface area contributed by atoms with E-state index in [-0.39, 0.29) is 0 Å². The fourth-order valence-corrected chi connectivity index (χ4v) is 2.66. The molecule has 102 valence electrons. The van der Waals surface area contributed by atoms with E-state index in [2.05, 4.69) is 22.0 Å². The van der Waals surface area contributed by atoms with Gasteiger partial charge in [0.05, 0.1) is 0 Å². The van der Waals surface area contributed by atoms with Crippen LogP contribution in [0.25, 0.3) is 11.0 Å². The number of benzene rings is 2. The van der Waals surface area contributed by atoms with Crippen LogP contribution in [-0.4, -0.2) is 5.11 Å². The fourth-order valence-electron chi connectivity index (χ4n) is 2.26. The van der Waals surface area contributed by atoms with Gasteiger partial charge in [-0.1, -0.05) is 39.7 Å². The Hall–Kier alpha value is -1.58. The molecule has 0 aliphatic carbocycles. The molecule has 20 heavy (non-hydrogen) atoms. The van der Waals surface area contributed by atoms with Crippen molar-refractivity contribution in [2.75, 3.05) is 0 Å². The highest BCUT2D eigenvalue weighted by Gasteiger charge is 2.16. The molecule has 1 unspecified atom stereocenters. The first-order valence-corrected chi connectivity index (χ1v) is 7.28. The average Bonchev–Trinajstić information content (AvgIpc) is 2.84. The van der Waals surface area contributed by atoms with E-state index in [0.29, 0.717) is 5.76 Å². The van der Waals surface area contributed by atoms with Crippen molar-refractivity contribution in [3.8, 4) is 0 Å². The topological polar surface area (TPSA) is 33.4 Å². The average molecular weight is 331 g/mol. The molecule has 0 amide bonds. The molecule has 0 bridgehead atoms. The molecular weight excluding hydrogens is 316 g/mol. The van der Waals surface area contributed by atoms with Crippen LogP contribution in [0.5, 0.6) is 0 Å². The molecule has 2 nitrogen and oxygen atoms in total. The molecule has 1 atom stereocenters. The van der Waals surface area contributed by atoms with E-state index >= 15 is 0 Å². The summed E-state index contributed by atoms with van der Waals surface area (Å²) in [5.74, 6) is 0.571. The molecule has 0 aliphatic rings. The van der Waals surface area contributed by atoms with Crippen LogP contribution in [0.1, 0.15) is 28.6 Å². The molecule has 0 spiro atoms. The minimum atomic E-state index is -0.750. The molecule has 3 rings (SSSR count). The predicted molar refractivity (Wildman–Crippen MR) is 83.9 cm³/mol. The van der Waals surface area contributed by atoms with E-state index in [1.807, 2.05) is 50.2 Å². The minimum absolute atomic E-state index is 0.571. The lowest BCUT2D eigenvalue weighted by atomic mass is 10.1. The summed E-state index contributed by atoms with van der Waals surface area (Å²) in [4.78, 5) is 0. The molecule has 0 aliphatic heterocycles. The van der Waals surface area contributed by atoms with Crippen LogP contribution >= 0.6 is 15.9 Å². The summed E-state index contributed by atoms with van der Waals surface area (Å²) in [6, 6.07) is 13.7. The Morgan fingerprint density at radius 2 is 1.85 bits per heavy atom. The van der Waals surface area contributed by atoms with E-state index in [0.717, 1.165) is 26.6 Å². The van der Waals surface area contributed by atoms with Crippen LogP contribution < -0.4 is 0 Å². The van der Waals surface area contributed by atoms with Crippen molar-refractivity contribution in [2.24, 2.45) is 0 Å². The number of hydrogen-bond acceptors (Lipinski definition) is 2. The van der Waals surface area contributed by atoms with Crippen molar-refractivity contribution >= 4 is 26.9 Å². The summed E-state index contributed by atoms with van der Waals surface area (Å²) >= 11 is 3.49. The third kappa shape index (κ3) is 2.39. The fraction of sp³-hybridized carbons (Fsp3) is 0.176. The second-order valence-corrected chi connectivity index (χ2v) is 5.96. The molecule has 1 heterocycles. The van der Waals surface area contributed by atoms with Crippen LogP contribution in [0.4, 0.5) is 0 Å². The van der Waals surface area contributed by atoms with Gasteiger partial charge in [-0.3, -0.25) is 0 Å². The highest BCUT2D eigenvalue weighted by molar-refractivity contribution is 9.10. The maximum absolute atomic E-state index is 10.5. The lowest BCUT2D eigenvalue weighted by Crippen LogP contribution is -1.98. The standard InChI is InChI=1S/C17H15BrO2/c1-10-3-6-15-13(7-10)9-16(20-15)17(19)12-5-4-11(2)14(18)8-12/h3-9,17,19H,1-2H3. The van der Waals surface area contributed by atoms with Gasteiger partial charge in [-0.2, -0.15) is 0 Å². The first-order chi connectivity index (χ1) is 9.54. The molecule has 3 aromatic rings.